The van der Waals surface area contributed by atoms with Gasteiger partial charge in [0, 0.05) is 31.2 Å². The van der Waals surface area contributed by atoms with Gasteiger partial charge in [-0.3, -0.25) is 0 Å². The van der Waals surface area contributed by atoms with E-state index in [-0.39, 0.29) is 0 Å². The molecule has 2 aromatic carbocycles. The van der Waals surface area contributed by atoms with E-state index in [1.165, 1.54) is 17.7 Å². The molecular formula is C28H29N2O+. The monoisotopic (exact) mass is 410 g/mol. The van der Waals surface area contributed by atoms with E-state index in [0.29, 0.717) is 11.1 Å². The number of pyridine rings is 1. The lowest BCUT2D eigenvalue weighted by atomic mass is 9.83. The van der Waals surface area contributed by atoms with Gasteiger partial charge in [0.2, 0.25) is 5.69 Å². The molecule has 156 valence electrons. The largest absolute Gasteiger partial charge is 0.454 e. The van der Waals surface area contributed by atoms with Crippen molar-refractivity contribution in [3.63, 3.8) is 0 Å². The molecule has 0 radical (unpaired) electrons. The summed E-state index contributed by atoms with van der Waals surface area (Å²) in [6.45, 7) is 6.34. The van der Waals surface area contributed by atoms with Crippen LogP contribution in [-0.2, 0) is 7.05 Å². The molecule has 5 rings (SSSR count). The Morgan fingerprint density at radius 1 is 1.00 bits per heavy atom. The minimum Gasteiger partial charge on any atom is -0.454 e. The van der Waals surface area contributed by atoms with Gasteiger partial charge in [-0.2, -0.15) is 9.83 Å². The Bertz CT molecular complexity index is 1420. The number of nitrogens with zero attached hydrogens (tertiary/aromatic N) is 2. The van der Waals surface area contributed by atoms with Gasteiger partial charge in [0.1, 0.15) is 18.7 Å². The maximum Gasteiger partial charge on any atom is 0.216 e. The normalized spacial score (nSPS) is 16.4. The summed E-state index contributed by atoms with van der Waals surface area (Å²) in [5, 5.41) is 11.9. The molecule has 2 aromatic heterocycles. The first-order chi connectivity index (χ1) is 15.3. The van der Waals surface area contributed by atoms with E-state index in [1.807, 2.05) is 6.07 Å². The van der Waals surface area contributed by atoms with Crippen molar-refractivity contribution in [2.24, 2.45) is 7.05 Å². The van der Waals surface area contributed by atoms with Crippen molar-refractivity contribution in [3.8, 4) is 17.3 Å². The first kappa shape index (κ1) is 18.6. The Kier molecular flexibility index (Phi) is 4.53. The molecule has 31 heavy (non-hydrogen) atoms. The van der Waals surface area contributed by atoms with Crippen LogP contribution < -0.4 is 4.57 Å². The highest BCUT2D eigenvalue weighted by Crippen LogP contribution is 2.41. The minimum absolute atomic E-state index is 0.527. The highest BCUT2D eigenvalue weighted by atomic mass is 16.3. The second-order valence-corrected chi connectivity index (χ2v) is 9.03. The van der Waals surface area contributed by atoms with Crippen LogP contribution in [0.25, 0.3) is 33.2 Å². The summed E-state index contributed by atoms with van der Waals surface area (Å²) in [5.41, 5.74) is 8.62. The molecule has 3 heteroatoms. The lowest BCUT2D eigenvalue weighted by Gasteiger charge is -2.22. The van der Waals surface area contributed by atoms with Gasteiger partial charge in [0.15, 0.2) is 11.3 Å². The lowest BCUT2D eigenvalue weighted by Crippen LogP contribution is -2.35. The molecule has 0 amide bonds. The van der Waals surface area contributed by atoms with E-state index < -0.39 is 5.89 Å². The number of furan rings is 1. The van der Waals surface area contributed by atoms with Crippen molar-refractivity contribution in [2.45, 2.75) is 58.8 Å². The second kappa shape index (κ2) is 7.54. The van der Waals surface area contributed by atoms with Crippen molar-refractivity contribution in [3.05, 3.63) is 64.3 Å². The van der Waals surface area contributed by atoms with Crippen LogP contribution in [0.1, 0.15) is 67.3 Å². The number of hydrogen-bond donors (Lipinski definition) is 0. The molecule has 0 aliphatic heterocycles. The predicted molar refractivity (Wildman–Crippen MR) is 125 cm³/mol. The third-order valence-electron chi connectivity index (χ3n) is 6.88. The average molecular weight is 411 g/mol. The first-order valence-corrected chi connectivity index (χ1v) is 11.2. The summed E-state index contributed by atoms with van der Waals surface area (Å²) in [7, 11) is 2.08. The Morgan fingerprint density at radius 3 is 2.52 bits per heavy atom. The molecule has 0 atom stereocenters. The van der Waals surface area contributed by atoms with Crippen molar-refractivity contribution >= 4 is 21.9 Å². The number of aryl methyl sites for hydroxylation is 3. The zero-order valence-electron chi connectivity index (χ0n) is 19.8. The summed E-state index contributed by atoms with van der Waals surface area (Å²) in [4.78, 5) is 0. The van der Waals surface area contributed by atoms with Crippen molar-refractivity contribution < 1.29 is 10.4 Å². The molecule has 3 nitrogen and oxygen atoms in total. The molecule has 1 aliphatic carbocycles. The van der Waals surface area contributed by atoms with Crippen LogP contribution in [0.15, 0.2) is 40.8 Å². The fourth-order valence-corrected chi connectivity index (χ4v) is 5.12. The van der Waals surface area contributed by atoms with Crippen LogP contribution in [0.2, 0.25) is 0 Å². The summed E-state index contributed by atoms with van der Waals surface area (Å²) in [6, 6.07) is 15.0. The topological polar surface area (TPSA) is 40.8 Å². The zero-order valence-corrected chi connectivity index (χ0v) is 18.8. The van der Waals surface area contributed by atoms with Crippen molar-refractivity contribution in [2.75, 3.05) is 0 Å². The number of benzene rings is 2. The molecule has 1 fully saturated rings. The van der Waals surface area contributed by atoms with Gasteiger partial charge >= 0.3 is 0 Å². The molecular weight excluding hydrogens is 380 g/mol. The molecule has 0 unspecified atom stereocenters. The average Bonchev–Trinajstić information content (AvgIpc) is 3.15. The van der Waals surface area contributed by atoms with Gasteiger partial charge in [-0.1, -0.05) is 31.4 Å². The quantitative estimate of drug-likeness (QED) is 0.336. The molecule has 1 aliphatic rings. The maximum atomic E-state index is 9.95. The van der Waals surface area contributed by atoms with Gasteiger partial charge in [0.05, 0.1) is 11.1 Å². The Labute approximate surface area is 185 Å². The van der Waals surface area contributed by atoms with Crippen LogP contribution in [0.5, 0.6) is 0 Å². The van der Waals surface area contributed by atoms with Gasteiger partial charge in [-0.05, 0) is 61.4 Å². The fraction of sp³-hybridized carbons (Fsp3) is 0.357. The van der Waals surface area contributed by atoms with Crippen LogP contribution in [0.4, 0.5) is 0 Å². The molecule has 0 N–H and O–H groups in total. The number of nitriles is 1. The van der Waals surface area contributed by atoms with Crippen LogP contribution in [0.3, 0.4) is 0 Å². The molecule has 2 heterocycles. The predicted octanol–water partition coefficient (Wildman–Crippen LogP) is 6.92. The molecule has 1 saturated carbocycles. The summed E-state index contributed by atoms with van der Waals surface area (Å²) in [6.07, 6.45) is 5.03. The number of hydrogen-bond acceptors (Lipinski definition) is 2. The van der Waals surface area contributed by atoms with E-state index >= 15 is 0 Å². The van der Waals surface area contributed by atoms with Gasteiger partial charge in [-0.15, -0.1) is 0 Å². The minimum atomic E-state index is -0.616. The molecule has 4 aromatic rings. The molecule has 0 spiro atoms. The Hall–Kier alpha value is -3.12. The maximum absolute atomic E-state index is 9.95. The van der Waals surface area contributed by atoms with Crippen LogP contribution in [0, 0.1) is 32.1 Å². The first-order valence-electron chi connectivity index (χ1n) is 11.7. The van der Waals surface area contributed by atoms with E-state index in [4.69, 9.17) is 5.79 Å². The van der Waals surface area contributed by atoms with Gasteiger partial charge in [0.25, 0.3) is 0 Å². The Balaban J connectivity index is 1.84. The fourth-order valence-electron chi connectivity index (χ4n) is 5.12. The second-order valence-electron chi connectivity index (χ2n) is 9.03. The third-order valence-corrected chi connectivity index (χ3v) is 6.88. The van der Waals surface area contributed by atoms with Crippen molar-refractivity contribution in [1.29, 1.82) is 5.26 Å². The summed E-state index contributed by atoms with van der Waals surface area (Å²) in [5.74, 6) is -0.616. The lowest BCUT2D eigenvalue weighted by molar-refractivity contribution is -0.666. The zero-order chi connectivity index (χ0) is 22.6. The smallest absolute Gasteiger partial charge is 0.216 e. The number of aromatic nitrogens is 1. The summed E-state index contributed by atoms with van der Waals surface area (Å²) < 4.78 is 17.8. The van der Waals surface area contributed by atoms with Crippen molar-refractivity contribution in [1.82, 2.24) is 0 Å². The highest BCUT2D eigenvalue weighted by Gasteiger charge is 2.24. The van der Waals surface area contributed by atoms with E-state index in [0.717, 1.165) is 64.4 Å². The highest BCUT2D eigenvalue weighted by molar-refractivity contribution is 6.11. The molecule has 0 saturated heterocycles. The third kappa shape index (κ3) is 3.22. The molecule has 0 bridgehead atoms. The van der Waals surface area contributed by atoms with E-state index in [1.54, 1.807) is 0 Å². The van der Waals surface area contributed by atoms with Crippen LogP contribution >= 0.6 is 0 Å². The van der Waals surface area contributed by atoms with E-state index in [2.05, 4.69) is 68.8 Å². The van der Waals surface area contributed by atoms with Gasteiger partial charge in [-0.25, -0.2) is 0 Å². The van der Waals surface area contributed by atoms with Crippen LogP contribution in [-0.4, -0.2) is 0 Å². The number of fused-ring (bicyclic) bond motifs is 3. The van der Waals surface area contributed by atoms with E-state index in [9.17, 15) is 5.26 Å². The van der Waals surface area contributed by atoms with Gasteiger partial charge < -0.3 is 4.42 Å². The standard InChI is InChI=1S/C28H29N2O/c1-17-12-19(3)30(4)25(13-17)26-18(2)10-11-23-24-15-21(20-8-6-5-7-9-20)14-22(16-29)27(24)31-28(23)26/h10-15,20H,5-9H2,1-4H3/q+1/i20D. The SMILES string of the molecule is [2H]C1(c2cc(C#N)c3oc4c(-c5cc(C)cc(C)[n+]5C)c(C)ccc4c3c2)CCCCC1. The Morgan fingerprint density at radius 2 is 1.77 bits per heavy atom. The number of rotatable bonds is 2. The summed E-state index contributed by atoms with van der Waals surface area (Å²) >= 11 is 0.